The van der Waals surface area contributed by atoms with Crippen LogP contribution >= 0.6 is 0 Å². The summed E-state index contributed by atoms with van der Waals surface area (Å²) in [6, 6.07) is 6.73. The first-order chi connectivity index (χ1) is 10.0. The third kappa shape index (κ3) is 5.13. The number of aryl methyl sites for hydroxylation is 2. The van der Waals surface area contributed by atoms with Gasteiger partial charge in [-0.25, -0.2) is 0 Å². The van der Waals surface area contributed by atoms with Gasteiger partial charge in [-0.15, -0.1) is 0 Å². The van der Waals surface area contributed by atoms with Crippen LogP contribution in [-0.4, -0.2) is 30.4 Å². The van der Waals surface area contributed by atoms with Crippen molar-refractivity contribution in [1.29, 1.82) is 0 Å². The third-order valence-electron chi connectivity index (χ3n) is 4.72. The summed E-state index contributed by atoms with van der Waals surface area (Å²) < 4.78 is 0. The Morgan fingerprint density at radius 3 is 2.27 bits per heavy atom. The van der Waals surface area contributed by atoms with E-state index in [4.69, 9.17) is 0 Å². The first-order valence-corrected chi connectivity index (χ1v) is 8.09. The maximum Gasteiger partial charge on any atom is 0.234 e. The van der Waals surface area contributed by atoms with Gasteiger partial charge in [0.05, 0.1) is 12.6 Å². The predicted octanol–water partition coefficient (Wildman–Crippen LogP) is 3.85. The van der Waals surface area contributed by atoms with Crippen LogP contribution in [0.3, 0.4) is 0 Å². The number of likely N-dealkylation sites (N-methyl/N-ethyl adjacent to an activating group) is 1. The fraction of sp³-hybridized carbons (Fsp3) is 0.632. The summed E-state index contributed by atoms with van der Waals surface area (Å²) in [5.74, 6) is 0.0735. The zero-order chi connectivity index (χ0) is 17.1. The molecule has 124 valence electrons. The number of nitrogens with zero attached hydrogens (tertiary/aromatic N) is 1. The van der Waals surface area contributed by atoms with E-state index in [9.17, 15) is 4.79 Å². The molecule has 1 amide bonds. The molecule has 0 saturated heterocycles. The zero-order valence-corrected chi connectivity index (χ0v) is 15.4. The summed E-state index contributed by atoms with van der Waals surface area (Å²) in [6.45, 7) is 15.4. The van der Waals surface area contributed by atoms with Gasteiger partial charge in [-0.2, -0.15) is 0 Å². The molecule has 1 rings (SSSR count). The lowest BCUT2D eigenvalue weighted by molar-refractivity contribution is -0.123. The van der Waals surface area contributed by atoms with Crippen LogP contribution < -0.4 is 5.32 Å². The number of hydrogen-bond acceptors (Lipinski definition) is 2. The Bertz CT molecular complexity index is 517. The molecule has 3 nitrogen and oxygen atoms in total. The SMILES string of the molecule is Cc1ccc([C@H](C)NC(=O)CN(C)[C@@H](C)C(C)(C)C)cc1C. The van der Waals surface area contributed by atoms with E-state index in [1.807, 2.05) is 14.0 Å². The van der Waals surface area contributed by atoms with E-state index < -0.39 is 0 Å². The van der Waals surface area contributed by atoms with Gasteiger partial charge < -0.3 is 5.32 Å². The normalized spacial score (nSPS) is 14.8. The summed E-state index contributed by atoms with van der Waals surface area (Å²) in [6.07, 6.45) is 0. The van der Waals surface area contributed by atoms with Crippen molar-refractivity contribution in [2.45, 2.75) is 60.5 Å². The van der Waals surface area contributed by atoms with Crippen LogP contribution in [0.15, 0.2) is 18.2 Å². The average molecular weight is 304 g/mol. The minimum absolute atomic E-state index is 0.0325. The number of amides is 1. The van der Waals surface area contributed by atoms with Crippen LogP contribution in [0.1, 0.15) is 57.4 Å². The molecular formula is C19H32N2O. The smallest absolute Gasteiger partial charge is 0.234 e. The van der Waals surface area contributed by atoms with Crippen molar-refractivity contribution in [3.05, 3.63) is 34.9 Å². The zero-order valence-electron chi connectivity index (χ0n) is 15.4. The minimum atomic E-state index is 0.0325. The van der Waals surface area contributed by atoms with Crippen molar-refractivity contribution in [3.63, 3.8) is 0 Å². The van der Waals surface area contributed by atoms with Crippen molar-refractivity contribution >= 4 is 5.91 Å². The van der Waals surface area contributed by atoms with E-state index >= 15 is 0 Å². The summed E-state index contributed by atoms with van der Waals surface area (Å²) in [4.78, 5) is 14.4. The van der Waals surface area contributed by atoms with Crippen LogP contribution in [0.5, 0.6) is 0 Å². The van der Waals surface area contributed by atoms with Crippen LogP contribution in [0.2, 0.25) is 0 Å². The highest BCUT2D eigenvalue weighted by molar-refractivity contribution is 5.78. The van der Waals surface area contributed by atoms with E-state index in [1.54, 1.807) is 0 Å². The first kappa shape index (κ1) is 18.7. The Hall–Kier alpha value is -1.35. The second kappa shape index (κ2) is 7.28. The summed E-state index contributed by atoms with van der Waals surface area (Å²) in [5.41, 5.74) is 3.86. The van der Waals surface area contributed by atoms with Crippen LogP contribution in [0.4, 0.5) is 0 Å². The molecule has 1 aromatic rings. The monoisotopic (exact) mass is 304 g/mol. The molecule has 0 spiro atoms. The van der Waals surface area contributed by atoms with Gasteiger partial charge in [0.2, 0.25) is 5.91 Å². The second-order valence-electron chi connectivity index (χ2n) is 7.59. The molecule has 22 heavy (non-hydrogen) atoms. The molecule has 0 unspecified atom stereocenters. The quantitative estimate of drug-likeness (QED) is 0.896. The van der Waals surface area contributed by atoms with Gasteiger partial charge in [-0.1, -0.05) is 39.0 Å². The van der Waals surface area contributed by atoms with Gasteiger partial charge in [-0.05, 0) is 56.8 Å². The molecule has 1 aromatic carbocycles. The molecule has 0 radical (unpaired) electrons. The van der Waals surface area contributed by atoms with Crippen molar-refractivity contribution in [2.75, 3.05) is 13.6 Å². The van der Waals surface area contributed by atoms with Crippen molar-refractivity contribution in [3.8, 4) is 0 Å². The van der Waals surface area contributed by atoms with E-state index in [2.05, 4.69) is 70.0 Å². The Kier molecular flexibility index (Phi) is 6.18. The molecule has 3 heteroatoms. The van der Waals surface area contributed by atoms with Crippen LogP contribution in [-0.2, 0) is 4.79 Å². The van der Waals surface area contributed by atoms with Gasteiger partial charge in [-0.3, -0.25) is 9.69 Å². The van der Waals surface area contributed by atoms with Gasteiger partial charge in [0.1, 0.15) is 0 Å². The summed E-state index contributed by atoms with van der Waals surface area (Å²) >= 11 is 0. The molecule has 0 aliphatic carbocycles. The highest BCUT2D eigenvalue weighted by Crippen LogP contribution is 2.23. The third-order valence-corrected chi connectivity index (χ3v) is 4.72. The molecule has 2 atom stereocenters. The standard InChI is InChI=1S/C19H32N2O/c1-13-9-10-17(11-14(13)2)15(3)20-18(22)12-21(8)16(4)19(5,6)7/h9-11,15-16H,12H2,1-8H3,(H,20,22)/t15-,16-/m0/s1. The van der Waals surface area contributed by atoms with E-state index in [1.165, 1.54) is 11.1 Å². The number of rotatable bonds is 5. The Morgan fingerprint density at radius 1 is 1.18 bits per heavy atom. The lowest BCUT2D eigenvalue weighted by Crippen LogP contribution is -2.45. The molecule has 0 aromatic heterocycles. The average Bonchev–Trinajstić information content (AvgIpc) is 2.39. The number of carbonyl (C=O) groups is 1. The molecule has 0 saturated carbocycles. The first-order valence-electron chi connectivity index (χ1n) is 8.09. The molecule has 0 heterocycles. The Morgan fingerprint density at radius 2 is 1.77 bits per heavy atom. The van der Waals surface area contributed by atoms with Gasteiger partial charge in [0.15, 0.2) is 0 Å². The molecule has 0 bridgehead atoms. The van der Waals surface area contributed by atoms with E-state index in [0.717, 1.165) is 5.56 Å². The van der Waals surface area contributed by atoms with Crippen molar-refractivity contribution in [1.82, 2.24) is 10.2 Å². The molecule has 0 fully saturated rings. The molecule has 0 aliphatic heterocycles. The summed E-state index contributed by atoms with van der Waals surface area (Å²) in [7, 11) is 2.01. The highest BCUT2D eigenvalue weighted by atomic mass is 16.2. The van der Waals surface area contributed by atoms with E-state index in [-0.39, 0.29) is 17.4 Å². The topological polar surface area (TPSA) is 32.3 Å². The van der Waals surface area contributed by atoms with Gasteiger partial charge in [0.25, 0.3) is 0 Å². The molecule has 0 aliphatic rings. The largest absolute Gasteiger partial charge is 0.348 e. The Balaban J connectivity index is 2.62. The van der Waals surface area contributed by atoms with Crippen molar-refractivity contribution < 1.29 is 4.79 Å². The second-order valence-corrected chi connectivity index (χ2v) is 7.59. The maximum atomic E-state index is 12.3. The number of nitrogens with one attached hydrogen (secondary N) is 1. The van der Waals surface area contributed by atoms with E-state index in [0.29, 0.717) is 12.6 Å². The van der Waals surface area contributed by atoms with Crippen molar-refractivity contribution in [2.24, 2.45) is 5.41 Å². The van der Waals surface area contributed by atoms with Gasteiger partial charge in [0, 0.05) is 6.04 Å². The predicted molar refractivity (Wildman–Crippen MR) is 94.0 cm³/mol. The number of hydrogen-bond donors (Lipinski definition) is 1. The molecular weight excluding hydrogens is 272 g/mol. The lowest BCUT2D eigenvalue weighted by Gasteiger charge is -2.35. The number of carbonyl (C=O) groups excluding carboxylic acids is 1. The van der Waals surface area contributed by atoms with Gasteiger partial charge >= 0.3 is 0 Å². The lowest BCUT2D eigenvalue weighted by atomic mass is 9.87. The van der Waals surface area contributed by atoms with Crippen LogP contribution in [0.25, 0.3) is 0 Å². The summed E-state index contributed by atoms with van der Waals surface area (Å²) in [5, 5.41) is 3.10. The minimum Gasteiger partial charge on any atom is -0.348 e. The highest BCUT2D eigenvalue weighted by Gasteiger charge is 2.25. The number of benzene rings is 1. The fourth-order valence-corrected chi connectivity index (χ4v) is 2.43. The van der Waals surface area contributed by atoms with Crippen LogP contribution in [0, 0.1) is 19.3 Å². The maximum absolute atomic E-state index is 12.3. The fourth-order valence-electron chi connectivity index (χ4n) is 2.43. The Labute approximate surface area is 136 Å². The molecule has 1 N–H and O–H groups in total.